The topological polar surface area (TPSA) is 66.8 Å². The van der Waals surface area contributed by atoms with E-state index in [1.165, 1.54) is 24.9 Å². The quantitative estimate of drug-likeness (QED) is 0.780. The molecule has 3 aromatic heterocycles. The van der Waals surface area contributed by atoms with Gasteiger partial charge in [-0.1, -0.05) is 12.1 Å². The third-order valence-corrected chi connectivity index (χ3v) is 4.71. The number of hydrogen-bond donors (Lipinski definition) is 1. The fourth-order valence-electron chi connectivity index (χ4n) is 3.37. The SMILES string of the molecule is CN1CCCC(c2ccc(Nc3cccc(-c4cnccn4)n3)nc2)C1. The van der Waals surface area contributed by atoms with Gasteiger partial charge in [-0.3, -0.25) is 9.97 Å². The highest BCUT2D eigenvalue weighted by Crippen LogP contribution is 2.26. The van der Waals surface area contributed by atoms with Gasteiger partial charge >= 0.3 is 0 Å². The van der Waals surface area contributed by atoms with Crippen LogP contribution in [0.4, 0.5) is 11.6 Å². The summed E-state index contributed by atoms with van der Waals surface area (Å²) in [5, 5.41) is 3.27. The second-order valence-corrected chi connectivity index (χ2v) is 6.70. The zero-order chi connectivity index (χ0) is 17.8. The van der Waals surface area contributed by atoms with Crippen molar-refractivity contribution in [3.63, 3.8) is 0 Å². The van der Waals surface area contributed by atoms with Gasteiger partial charge in [0.25, 0.3) is 0 Å². The van der Waals surface area contributed by atoms with Gasteiger partial charge in [-0.25, -0.2) is 9.97 Å². The van der Waals surface area contributed by atoms with Crippen molar-refractivity contribution in [1.82, 2.24) is 24.8 Å². The Morgan fingerprint density at radius 2 is 1.96 bits per heavy atom. The molecule has 6 heteroatoms. The lowest BCUT2D eigenvalue weighted by atomic mass is 9.92. The predicted octanol–water partition coefficient (Wildman–Crippen LogP) is 3.49. The van der Waals surface area contributed by atoms with Crippen LogP contribution in [0.1, 0.15) is 24.3 Å². The summed E-state index contributed by atoms with van der Waals surface area (Å²) in [6, 6.07) is 9.99. The highest BCUT2D eigenvalue weighted by atomic mass is 15.1. The lowest BCUT2D eigenvalue weighted by molar-refractivity contribution is 0.250. The minimum Gasteiger partial charge on any atom is -0.325 e. The molecule has 0 amide bonds. The number of nitrogens with one attached hydrogen (secondary N) is 1. The molecule has 26 heavy (non-hydrogen) atoms. The Morgan fingerprint density at radius 1 is 1.00 bits per heavy atom. The van der Waals surface area contributed by atoms with Crippen molar-refractivity contribution in [2.24, 2.45) is 0 Å². The number of hydrogen-bond acceptors (Lipinski definition) is 6. The standard InChI is InChI=1S/C20H22N6/c1-26-11-3-4-16(14-26)15-7-8-19(23-12-15)25-20-6-2-5-17(24-20)18-13-21-9-10-22-18/h2,5-10,12-13,16H,3-4,11,14H2,1H3,(H,23,24,25). The third kappa shape index (κ3) is 3.86. The monoisotopic (exact) mass is 346 g/mol. The van der Waals surface area contributed by atoms with Gasteiger partial charge in [0, 0.05) is 25.1 Å². The molecule has 0 aromatic carbocycles. The van der Waals surface area contributed by atoms with Crippen LogP contribution < -0.4 is 5.32 Å². The predicted molar refractivity (Wildman–Crippen MR) is 102 cm³/mol. The summed E-state index contributed by atoms with van der Waals surface area (Å²) in [5.74, 6) is 2.11. The molecule has 1 aliphatic rings. The van der Waals surface area contributed by atoms with Gasteiger partial charge in [0.2, 0.25) is 0 Å². The number of anilines is 2. The van der Waals surface area contributed by atoms with E-state index in [0.717, 1.165) is 29.6 Å². The molecule has 3 aromatic rings. The Kier molecular flexibility index (Phi) is 4.84. The van der Waals surface area contributed by atoms with Crippen molar-refractivity contribution in [2.75, 3.05) is 25.5 Å². The minimum absolute atomic E-state index is 0.577. The zero-order valence-corrected chi connectivity index (χ0v) is 14.8. The number of pyridine rings is 2. The Bertz CT molecular complexity index is 850. The maximum atomic E-state index is 4.60. The number of aromatic nitrogens is 4. The fraction of sp³-hybridized carbons (Fsp3) is 0.300. The van der Waals surface area contributed by atoms with Crippen LogP contribution in [0.2, 0.25) is 0 Å². The van der Waals surface area contributed by atoms with Crippen LogP contribution in [0.3, 0.4) is 0 Å². The van der Waals surface area contributed by atoms with Gasteiger partial charge in [-0.05, 0) is 56.1 Å². The van der Waals surface area contributed by atoms with Gasteiger partial charge in [-0.2, -0.15) is 0 Å². The average molecular weight is 346 g/mol. The molecule has 6 nitrogen and oxygen atoms in total. The van der Waals surface area contributed by atoms with E-state index in [4.69, 9.17) is 0 Å². The van der Waals surface area contributed by atoms with Gasteiger partial charge in [0.15, 0.2) is 0 Å². The molecule has 0 spiro atoms. The van der Waals surface area contributed by atoms with Crippen LogP contribution in [0.15, 0.2) is 55.1 Å². The first-order valence-electron chi connectivity index (χ1n) is 8.93. The average Bonchev–Trinajstić information content (AvgIpc) is 2.69. The maximum absolute atomic E-state index is 4.60. The summed E-state index contributed by atoms with van der Waals surface area (Å²) in [4.78, 5) is 20.0. The van der Waals surface area contributed by atoms with Gasteiger partial charge in [0.05, 0.1) is 11.9 Å². The molecule has 1 atom stereocenters. The number of nitrogens with zero attached hydrogens (tertiary/aromatic N) is 5. The Morgan fingerprint density at radius 3 is 2.73 bits per heavy atom. The summed E-state index contributed by atoms with van der Waals surface area (Å²) in [6.45, 7) is 2.30. The van der Waals surface area contributed by atoms with Gasteiger partial charge in [-0.15, -0.1) is 0 Å². The molecule has 4 rings (SSSR count). The molecule has 4 heterocycles. The van der Waals surface area contributed by atoms with E-state index >= 15 is 0 Å². The van der Waals surface area contributed by atoms with E-state index in [1.54, 1.807) is 18.6 Å². The summed E-state index contributed by atoms with van der Waals surface area (Å²) < 4.78 is 0. The summed E-state index contributed by atoms with van der Waals surface area (Å²) >= 11 is 0. The highest BCUT2D eigenvalue weighted by Gasteiger charge is 2.19. The van der Waals surface area contributed by atoms with Crippen molar-refractivity contribution < 1.29 is 0 Å². The summed E-state index contributed by atoms with van der Waals surface area (Å²) in [5.41, 5.74) is 2.84. The zero-order valence-electron chi connectivity index (χ0n) is 14.8. The first kappa shape index (κ1) is 16.6. The lowest BCUT2D eigenvalue weighted by Gasteiger charge is -2.29. The van der Waals surface area contributed by atoms with Crippen LogP contribution in [0.5, 0.6) is 0 Å². The molecule has 0 bridgehead atoms. The summed E-state index contributed by atoms with van der Waals surface area (Å²) in [7, 11) is 2.19. The first-order chi connectivity index (χ1) is 12.8. The van der Waals surface area contributed by atoms with E-state index in [1.807, 2.05) is 30.5 Å². The van der Waals surface area contributed by atoms with Crippen molar-refractivity contribution in [3.8, 4) is 11.4 Å². The van der Waals surface area contributed by atoms with E-state index in [-0.39, 0.29) is 0 Å². The highest BCUT2D eigenvalue weighted by molar-refractivity contribution is 5.59. The van der Waals surface area contributed by atoms with Crippen LogP contribution in [-0.4, -0.2) is 45.0 Å². The third-order valence-electron chi connectivity index (χ3n) is 4.71. The molecule has 1 saturated heterocycles. The van der Waals surface area contributed by atoms with E-state index in [0.29, 0.717) is 5.92 Å². The minimum atomic E-state index is 0.577. The van der Waals surface area contributed by atoms with E-state index in [9.17, 15) is 0 Å². The molecule has 1 fully saturated rings. The molecule has 1 aliphatic heterocycles. The van der Waals surface area contributed by atoms with Crippen molar-refractivity contribution in [2.45, 2.75) is 18.8 Å². The van der Waals surface area contributed by atoms with E-state index in [2.05, 4.69) is 43.3 Å². The Balaban J connectivity index is 1.48. The number of likely N-dealkylation sites (N-methyl/N-ethyl adjacent to an activating group) is 1. The smallest absolute Gasteiger partial charge is 0.132 e. The fourth-order valence-corrected chi connectivity index (χ4v) is 3.37. The van der Waals surface area contributed by atoms with Crippen molar-refractivity contribution >= 4 is 11.6 Å². The second-order valence-electron chi connectivity index (χ2n) is 6.70. The Hall–Kier alpha value is -2.86. The van der Waals surface area contributed by atoms with Crippen LogP contribution in [0.25, 0.3) is 11.4 Å². The molecular weight excluding hydrogens is 324 g/mol. The van der Waals surface area contributed by atoms with Crippen LogP contribution in [0, 0.1) is 0 Å². The largest absolute Gasteiger partial charge is 0.325 e. The first-order valence-corrected chi connectivity index (χ1v) is 8.93. The molecule has 132 valence electrons. The maximum Gasteiger partial charge on any atom is 0.132 e. The van der Waals surface area contributed by atoms with Gasteiger partial charge in [0.1, 0.15) is 17.3 Å². The second kappa shape index (κ2) is 7.58. The number of likely N-dealkylation sites (tertiary alicyclic amines) is 1. The molecule has 1 unspecified atom stereocenters. The molecule has 0 aliphatic carbocycles. The molecule has 0 radical (unpaired) electrons. The molecule has 0 saturated carbocycles. The van der Waals surface area contributed by atoms with Crippen molar-refractivity contribution in [3.05, 3.63) is 60.7 Å². The van der Waals surface area contributed by atoms with Crippen molar-refractivity contribution in [1.29, 1.82) is 0 Å². The van der Waals surface area contributed by atoms with Crippen LogP contribution in [-0.2, 0) is 0 Å². The summed E-state index contributed by atoms with van der Waals surface area (Å²) in [6.07, 6.45) is 9.50. The normalized spacial score (nSPS) is 17.8. The Labute approximate surface area is 153 Å². The molecule has 1 N–H and O–H groups in total. The number of piperidine rings is 1. The van der Waals surface area contributed by atoms with Gasteiger partial charge < -0.3 is 10.2 Å². The number of rotatable bonds is 4. The van der Waals surface area contributed by atoms with E-state index < -0.39 is 0 Å². The lowest BCUT2D eigenvalue weighted by Crippen LogP contribution is -2.30. The van der Waals surface area contributed by atoms with Crippen LogP contribution >= 0.6 is 0 Å². The molecular formula is C20H22N6.